The van der Waals surface area contributed by atoms with Gasteiger partial charge in [-0.15, -0.1) is 0 Å². The molecule has 3 nitrogen and oxygen atoms in total. The molecule has 2 aliphatic rings. The first-order valence-corrected chi connectivity index (χ1v) is 5.63. The van der Waals surface area contributed by atoms with Gasteiger partial charge in [-0.05, 0) is 37.7 Å². The van der Waals surface area contributed by atoms with Crippen LogP contribution in [0.1, 0.15) is 26.2 Å². The second-order valence-corrected chi connectivity index (χ2v) is 4.47. The zero-order valence-corrected chi connectivity index (χ0v) is 9.66. The van der Waals surface area contributed by atoms with Gasteiger partial charge in [0.05, 0.1) is 7.11 Å². The molecule has 0 bridgehead atoms. The molecular formula is C13H16O3. The normalized spacial score (nSPS) is 27.9. The van der Waals surface area contributed by atoms with Crippen LogP contribution in [-0.2, 0) is 14.3 Å². The van der Waals surface area contributed by atoms with E-state index in [4.69, 9.17) is 4.74 Å². The number of allylic oxidation sites excluding steroid dienone is 3. The minimum atomic E-state index is -0.254. The van der Waals surface area contributed by atoms with Crippen LogP contribution in [0.25, 0.3) is 0 Å². The highest BCUT2D eigenvalue weighted by molar-refractivity contribution is 5.95. The molecule has 3 heteroatoms. The maximum absolute atomic E-state index is 11.6. The Balaban J connectivity index is 2.26. The van der Waals surface area contributed by atoms with Crippen molar-refractivity contribution in [2.75, 3.05) is 7.11 Å². The number of ether oxygens (including phenoxy) is 1. The summed E-state index contributed by atoms with van der Waals surface area (Å²) in [6.07, 6.45) is 6.68. The van der Waals surface area contributed by atoms with Crippen molar-refractivity contribution in [2.45, 2.75) is 26.2 Å². The third-order valence-electron chi connectivity index (χ3n) is 3.50. The first-order chi connectivity index (χ1) is 7.63. The van der Waals surface area contributed by atoms with Crippen molar-refractivity contribution >= 4 is 11.8 Å². The molecule has 0 unspecified atom stereocenters. The molecule has 86 valence electrons. The molecule has 16 heavy (non-hydrogen) atoms. The van der Waals surface area contributed by atoms with Crippen molar-refractivity contribution in [3.05, 3.63) is 23.3 Å². The largest absolute Gasteiger partial charge is 0.466 e. The van der Waals surface area contributed by atoms with Gasteiger partial charge in [-0.25, -0.2) is 4.79 Å². The minimum Gasteiger partial charge on any atom is -0.466 e. The van der Waals surface area contributed by atoms with E-state index >= 15 is 0 Å². The Morgan fingerprint density at radius 2 is 2.19 bits per heavy atom. The van der Waals surface area contributed by atoms with Crippen LogP contribution < -0.4 is 0 Å². The summed E-state index contributed by atoms with van der Waals surface area (Å²) in [4.78, 5) is 22.9. The molecule has 0 spiro atoms. The molecular weight excluding hydrogens is 204 g/mol. The van der Waals surface area contributed by atoms with E-state index in [0.717, 1.165) is 30.4 Å². The molecule has 0 N–H and O–H groups in total. The number of esters is 1. The van der Waals surface area contributed by atoms with Crippen molar-refractivity contribution < 1.29 is 14.3 Å². The molecule has 2 rings (SSSR count). The lowest BCUT2D eigenvalue weighted by Gasteiger charge is -2.24. The molecule has 0 aromatic rings. The van der Waals surface area contributed by atoms with Crippen LogP contribution in [0.2, 0.25) is 0 Å². The summed E-state index contributed by atoms with van der Waals surface area (Å²) in [6.45, 7) is 1.59. The highest BCUT2D eigenvalue weighted by atomic mass is 16.5. The monoisotopic (exact) mass is 220 g/mol. The number of Topliss-reactive ketones (excluding diaryl/α,β-unsaturated/α-hetero) is 1. The third kappa shape index (κ3) is 1.82. The Morgan fingerprint density at radius 3 is 2.81 bits per heavy atom. The van der Waals surface area contributed by atoms with Crippen LogP contribution in [-0.4, -0.2) is 18.9 Å². The fourth-order valence-corrected chi connectivity index (χ4v) is 2.64. The van der Waals surface area contributed by atoms with Crippen LogP contribution >= 0.6 is 0 Å². The van der Waals surface area contributed by atoms with Crippen LogP contribution in [0.15, 0.2) is 23.3 Å². The van der Waals surface area contributed by atoms with Crippen molar-refractivity contribution in [1.29, 1.82) is 0 Å². The maximum atomic E-state index is 11.6. The number of fused-ring (bicyclic) bond motifs is 1. The number of carbonyl (C=O) groups excluding carboxylic acids is 2. The van der Waals surface area contributed by atoms with Gasteiger partial charge in [-0.2, -0.15) is 0 Å². The van der Waals surface area contributed by atoms with Crippen LogP contribution in [0.5, 0.6) is 0 Å². The van der Waals surface area contributed by atoms with Gasteiger partial charge in [0.1, 0.15) is 0 Å². The Labute approximate surface area is 95.2 Å². The van der Waals surface area contributed by atoms with Gasteiger partial charge < -0.3 is 4.74 Å². The van der Waals surface area contributed by atoms with Gasteiger partial charge in [0.25, 0.3) is 0 Å². The summed E-state index contributed by atoms with van der Waals surface area (Å²) < 4.78 is 4.77. The van der Waals surface area contributed by atoms with Gasteiger partial charge in [-0.3, -0.25) is 4.79 Å². The summed E-state index contributed by atoms with van der Waals surface area (Å²) in [5.41, 5.74) is 1.60. The zero-order chi connectivity index (χ0) is 11.7. The van der Waals surface area contributed by atoms with Gasteiger partial charge in [0, 0.05) is 11.5 Å². The van der Waals surface area contributed by atoms with E-state index in [-0.39, 0.29) is 17.7 Å². The van der Waals surface area contributed by atoms with Crippen LogP contribution in [0.3, 0.4) is 0 Å². The van der Waals surface area contributed by atoms with Crippen molar-refractivity contribution in [1.82, 2.24) is 0 Å². The average molecular weight is 220 g/mol. The summed E-state index contributed by atoms with van der Waals surface area (Å²) in [6, 6.07) is 0. The topological polar surface area (TPSA) is 43.4 Å². The van der Waals surface area contributed by atoms with E-state index in [1.807, 2.05) is 12.2 Å². The molecule has 0 heterocycles. The van der Waals surface area contributed by atoms with Gasteiger partial charge in [0.2, 0.25) is 0 Å². The minimum absolute atomic E-state index is 0.0973. The molecule has 2 aliphatic carbocycles. The maximum Gasteiger partial charge on any atom is 0.334 e. The molecule has 0 saturated carbocycles. The lowest BCUT2D eigenvalue weighted by molar-refractivity contribution is -0.136. The Kier molecular flexibility index (Phi) is 2.95. The van der Waals surface area contributed by atoms with E-state index in [1.165, 1.54) is 7.11 Å². The second kappa shape index (κ2) is 4.24. The SMILES string of the molecule is COC(=O)C1=CCC[C@@H]2CC(C(C)=O)=C[C@H]12. The second-order valence-electron chi connectivity index (χ2n) is 4.47. The van der Waals surface area contributed by atoms with Gasteiger partial charge in [-0.1, -0.05) is 12.2 Å². The molecule has 0 fully saturated rings. The van der Waals surface area contributed by atoms with E-state index in [1.54, 1.807) is 6.92 Å². The van der Waals surface area contributed by atoms with E-state index in [2.05, 4.69) is 0 Å². The predicted molar refractivity (Wildman–Crippen MR) is 59.7 cm³/mol. The summed E-state index contributed by atoms with van der Waals surface area (Å²) in [5.74, 6) is 0.382. The number of hydrogen-bond acceptors (Lipinski definition) is 3. The number of methoxy groups -OCH3 is 1. The first-order valence-electron chi connectivity index (χ1n) is 5.63. The van der Waals surface area contributed by atoms with E-state index in [0.29, 0.717) is 5.92 Å². The lowest BCUT2D eigenvalue weighted by atomic mass is 9.80. The highest BCUT2D eigenvalue weighted by Crippen LogP contribution is 2.42. The predicted octanol–water partition coefficient (Wildman–Crippen LogP) is 2.03. The van der Waals surface area contributed by atoms with Crippen molar-refractivity contribution in [3.63, 3.8) is 0 Å². The lowest BCUT2D eigenvalue weighted by Crippen LogP contribution is -2.21. The smallest absolute Gasteiger partial charge is 0.334 e. The Hall–Kier alpha value is -1.38. The molecule has 0 radical (unpaired) electrons. The van der Waals surface area contributed by atoms with Crippen LogP contribution in [0, 0.1) is 11.8 Å². The quantitative estimate of drug-likeness (QED) is 0.669. The Morgan fingerprint density at radius 1 is 1.44 bits per heavy atom. The number of rotatable bonds is 2. The highest BCUT2D eigenvalue weighted by Gasteiger charge is 2.36. The van der Waals surface area contributed by atoms with Crippen molar-refractivity contribution in [2.24, 2.45) is 11.8 Å². The summed E-state index contributed by atoms with van der Waals surface area (Å²) in [5, 5.41) is 0. The summed E-state index contributed by atoms with van der Waals surface area (Å²) in [7, 11) is 1.40. The van der Waals surface area contributed by atoms with Gasteiger partial charge >= 0.3 is 5.97 Å². The van der Waals surface area contributed by atoms with Crippen molar-refractivity contribution in [3.8, 4) is 0 Å². The number of carbonyl (C=O) groups is 2. The zero-order valence-electron chi connectivity index (χ0n) is 9.66. The summed E-state index contributed by atoms with van der Waals surface area (Å²) >= 11 is 0. The molecule has 0 aromatic carbocycles. The molecule has 0 aliphatic heterocycles. The fraction of sp³-hybridized carbons (Fsp3) is 0.538. The standard InChI is InChI=1S/C13H16O3/c1-8(14)10-6-9-4-3-5-11(12(9)7-10)13(15)16-2/h5,7,9,12H,3-4,6H2,1-2H3/t9-,12+/m1/s1. The first kappa shape index (κ1) is 11.1. The molecule has 0 saturated heterocycles. The number of ketones is 1. The molecule has 2 atom stereocenters. The van der Waals surface area contributed by atoms with E-state index in [9.17, 15) is 9.59 Å². The third-order valence-corrected chi connectivity index (χ3v) is 3.50. The van der Waals surface area contributed by atoms with Gasteiger partial charge in [0.15, 0.2) is 5.78 Å². The fourth-order valence-electron chi connectivity index (χ4n) is 2.64. The Bertz CT molecular complexity index is 390. The number of hydrogen-bond donors (Lipinski definition) is 0. The average Bonchev–Trinajstić information content (AvgIpc) is 2.71. The molecule has 0 aromatic heterocycles. The van der Waals surface area contributed by atoms with E-state index < -0.39 is 0 Å². The molecule has 0 amide bonds. The van der Waals surface area contributed by atoms with Crippen LogP contribution in [0.4, 0.5) is 0 Å².